The summed E-state index contributed by atoms with van der Waals surface area (Å²) >= 11 is 7.59. The molecule has 0 N–H and O–H groups in total. The van der Waals surface area contributed by atoms with Gasteiger partial charge in [0.1, 0.15) is 0 Å². The van der Waals surface area contributed by atoms with Crippen LogP contribution in [-0.2, 0) is 13.1 Å². The normalized spacial score (nSPS) is 11.5. The number of thiazole rings is 1. The maximum atomic E-state index is 12.5. The van der Waals surface area contributed by atoms with Gasteiger partial charge in [-0.25, -0.2) is 9.67 Å². The second-order valence-electron chi connectivity index (χ2n) is 8.04. The molecule has 5 rings (SSSR count). The molecule has 0 saturated heterocycles. The van der Waals surface area contributed by atoms with Crippen molar-refractivity contribution in [2.45, 2.75) is 20.0 Å². The molecule has 166 valence electrons. The molecule has 3 aromatic heterocycles. The Morgan fingerprint density at radius 2 is 1.82 bits per heavy atom. The average Bonchev–Trinajstić information content (AvgIpc) is 3.39. The monoisotopic (exact) mass is 475 g/mol. The summed E-state index contributed by atoms with van der Waals surface area (Å²) in [4.78, 5) is 20.1. The highest BCUT2D eigenvalue weighted by molar-refractivity contribution is 7.15. The molecule has 2 aromatic carbocycles. The van der Waals surface area contributed by atoms with Gasteiger partial charge in [-0.2, -0.15) is 5.10 Å². The fourth-order valence-electron chi connectivity index (χ4n) is 3.89. The van der Waals surface area contributed by atoms with Crippen LogP contribution in [-0.4, -0.2) is 31.1 Å². The summed E-state index contributed by atoms with van der Waals surface area (Å²) in [5, 5.41) is 7.52. The maximum absolute atomic E-state index is 12.5. The van der Waals surface area contributed by atoms with Crippen LogP contribution in [0, 0.1) is 6.92 Å². The number of rotatable bonds is 6. The molecule has 0 atom stereocenters. The van der Waals surface area contributed by atoms with Crippen LogP contribution in [0.25, 0.3) is 21.9 Å². The molecule has 6 nitrogen and oxygen atoms in total. The Labute approximate surface area is 200 Å². The van der Waals surface area contributed by atoms with Gasteiger partial charge in [-0.15, -0.1) is 11.3 Å². The van der Waals surface area contributed by atoms with E-state index in [1.807, 2.05) is 78.6 Å². The van der Waals surface area contributed by atoms with Crippen LogP contribution in [0.15, 0.2) is 77.0 Å². The van der Waals surface area contributed by atoms with Crippen molar-refractivity contribution >= 4 is 27.9 Å². The number of halogens is 1. The Morgan fingerprint density at radius 1 is 1.06 bits per heavy atom. The molecule has 5 aromatic rings. The Bertz CT molecular complexity index is 1470. The summed E-state index contributed by atoms with van der Waals surface area (Å²) in [5.41, 5.74) is 5.61. The predicted octanol–water partition coefficient (Wildman–Crippen LogP) is 5.20. The molecule has 0 saturated carbocycles. The number of aryl methyl sites for hydroxylation is 1. The summed E-state index contributed by atoms with van der Waals surface area (Å²) in [7, 11) is 2.02. The lowest BCUT2D eigenvalue weighted by atomic mass is 10.1. The second kappa shape index (κ2) is 8.94. The largest absolute Gasteiger partial charge is 0.296 e. The van der Waals surface area contributed by atoms with Crippen LogP contribution in [0.2, 0.25) is 5.02 Å². The molecule has 0 unspecified atom stereocenters. The first kappa shape index (κ1) is 21.6. The van der Waals surface area contributed by atoms with Crippen molar-refractivity contribution in [3.63, 3.8) is 0 Å². The van der Waals surface area contributed by atoms with Crippen LogP contribution < -0.4 is 5.56 Å². The highest BCUT2D eigenvalue weighted by Crippen LogP contribution is 2.26. The molecule has 0 aliphatic rings. The van der Waals surface area contributed by atoms with Crippen LogP contribution in [0.4, 0.5) is 0 Å². The number of benzene rings is 2. The average molecular weight is 476 g/mol. The molecular weight excluding hydrogens is 454 g/mol. The van der Waals surface area contributed by atoms with E-state index in [-0.39, 0.29) is 5.56 Å². The minimum absolute atomic E-state index is 0.0408. The van der Waals surface area contributed by atoms with Crippen LogP contribution >= 0.6 is 22.9 Å². The number of hydrogen-bond acceptors (Lipinski definition) is 5. The zero-order valence-corrected chi connectivity index (χ0v) is 19.8. The highest BCUT2D eigenvalue weighted by Gasteiger charge is 2.15. The van der Waals surface area contributed by atoms with E-state index in [1.165, 1.54) is 11.3 Å². The van der Waals surface area contributed by atoms with E-state index in [0.717, 1.165) is 38.9 Å². The van der Waals surface area contributed by atoms with Crippen molar-refractivity contribution in [1.82, 2.24) is 24.1 Å². The SMILES string of the molecule is Cc1csc2nc(CN(C)Cc3cn(-c4ccccc4)nc3-c3ccc(Cl)cc3)cc(=O)n12. The first-order chi connectivity index (χ1) is 16.0. The van der Waals surface area contributed by atoms with E-state index in [2.05, 4.69) is 16.1 Å². The number of para-hydroxylation sites is 1. The molecule has 0 spiro atoms. The molecular formula is C25H22ClN5OS. The Morgan fingerprint density at radius 3 is 2.58 bits per heavy atom. The Kier molecular flexibility index (Phi) is 5.85. The van der Waals surface area contributed by atoms with E-state index in [0.29, 0.717) is 18.1 Å². The molecule has 0 amide bonds. The fourth-order valence-corrected chi connectivity index (χ4v) is 4.91. The third-order valence-electron chi connectivity index (χ3n) is 5.43. The van der Waals surface area contributed by atoms with Crippen LogP contribution in [0.5, 0.6) is 0 Å². The van der Waals surface area contributed by atoms with Crippen molar-refractivity contribution < 1.29 is 0 Å². The first-order valence-corrected chi connectivity index (χ1v) is 11.8. The highest BCUT2D eigenvalue weighted by atomic mass is 35.5. The third kappa shape index (κ3) is 4.48. The van der Waals surface area contributed by atoms with Gasteiger partial charge in [0.05, 0.1) is 17.1 Å². The van der Waals surface area contributed by atoms with Crippen molar-refractivity contribution in [2.24, 2.45) is 0 Å². The molecule has 8 heteroatoms. The molecule has 0 fully saturated rings. The molecule has 0 aliphatic carbocycles. The van der Waals surface area contributed by atoms with Crippen molar-refractivity contribution in [3.8, 4) is 16.9 Å². The lowest BCUT2D eigenvalue weighted by Gasteiger charge is -2.16. The van der Waals surface area contributed by atoms with Gasteiger partial charge in [0.2, 0.25) is 0 Å². The topological polar surface area (TPSA) is 55.4 Å². The van der Waals surface area contributed by atoms with Crippen molar-refractivity contribution in [3.05, 3.63) is 105 Å². The van der Waals surface area contributed by atoms with E-state index in [4.69, 9.17) is 16.7 Å². The standard InChI is InChI=1S/C25H22ClN5OS/c1-17-16-33-25-27-21(12-23(32)31(17)25)15-29(2)13-19-14-30(22-6-4-3-5-7-22)28-24(19)18-8-10-20(26)11-9-18/h3-12,14,16H,13,15H2,1-2H3. The lowest BCUT2D eigenvalue weighted by molar-refractivity contribution is 0.315. The number of hydrogen-bond donors (Lipinski definition) is 0. The van der Waals surface area contributed by atoms with Gasteiger partial charge in [0.15, 0.2) is 4.96 Å². The van der Waals surface area contributed by atoms with E-state index >= 15 is 0 Å². The molecule has 33 heavy (non-hydrogen) atoms. The maximum Gasteiger partial charge on any atom is 0.259 e. The number of aromatic nitrogens is 4. The molecule has 0 aliphatic heterocycles. The minimum atomic E-state index is -0.0408. The van der Waals surface area contributed by atoms with Gasteiger partial charge >= 0.3 is 0 Å². The van der Waals surface area contributed by atoms with Crippen LogP contribution in [0.1, 0.15) is 17.0 Å². The smallest absolute Gasteiger partial charge is 0.259 e. The molecule has 0 radical (unpaired) electrons. The van der Waals surface area contributed by atoms with E-state index in [9.17, 15) is 4.79 Å². The van der Waals surface area contributed by atoms with Crippen molar-refractivity contribution in [2.75, 3.05) is 7.05 Å². The fraction of sp³-hybridized carbons (Fsp3) is 0.160. The first-order valence-electron chi connectivity index (χ1n) is 10.5. The van der Waals surface area contributed by atoms with Gasteiger partial charge in [0, 0.05) is 52.6 Å². The molecule has 0 bridgehead atoms. The second-order valence-corrected chi connectivity index (χ2v) is 9.32. The summed E-state index contributed by atoms with van der Waals surface area (Å²) < 4.78 is 3.55. The summed E-state index contributed by atoms with van der Waals surface area (Å²) in [6.07, 6.45) is 2.06. The van der Waals surface area contributed by atoms with Gasteiger partial charge in [-0.05, 0) is 38.2 Å². The Balaban J connectivity index is 1.46. The third-order valence-corrected chi connectivity index (χ3v) is 6.62. The quantitative estimate of drug-likeness (QED) is 0.338. The number of fused-ring (bicyclic) bond motifs is 1. The molecule has 3 heterocycles. The van der Waals surface area contributed by atoms with Gasteiger partial charge in [0.25, 0.3) is 5.56 Å². The van der Waals surface area contributed by atoms with Gasteiger partial charge in [-0.3, -0.25) is 14.1 Å². The van der Waals surface area contributed by atoms with E-state index in [1.54, 1.807) is 10.5 Å². The summed E-state index contributed by atoms with van der Waals surface area (Å²) in [6, 6.07) is 19.4. The van der Waals surface area contributed by atoms with Crippen LogP contribution in [0.3, 0.4) is 0 Å². The van der Waals surface area contributed by atoms with E-state index < -0.39 is 0 Å². The zero-order chi connectivity index (χ0) is 22.9. The lowest BCUT2D eigenvalue weighted by Crippen LogP contribution is -2.21. The Hall–Kier alpha value is -3.26. The predicted molar refractivity (Wildman–Crippen MR) is 133 cm³/mol. The van der Waals surface area contributed by atoms with Gasteiger partial charge in [-0.1, -0.05) is 41.9 Å². The zero-order valence-electron chi connectivity index (χ0n) is 18.3. The van der Waals surface area contributed by atoms with Gasteiger partial charge < -0.3 is 0 Å². The summed E-state index contributed by atoms with van der Waals surface area (Å²) in [5.74, 6) is 0. The van der Waals surface area contributed by atoms with Crippen molar-refractivity contribution in [1.29, 1.82) is 0 Å². The summed E-state index contributed by atoms with van der Waals surface area (Å²) in [6.45, 7) is 3.12. The number of nitrogens with zero attached hydrogens (tertiary/aromatic N) is 5. The minimum Gasteiger partial charge on any atom is -0.296 e.